The Morgan fingerprint density at radius 2 is 1.25 bits per heavy atom. The van der Waals surface area contributed by atoms with E-state index in [1.54, 1.807) is 24.3 Å². The maximum absolute atomic E-state index is 12.3. The molecule has 0 spiro atoms. The van der Waals surface area contributed by atoms with Crippen LogP contribution in [0.2, 0.25) is 0 Å². The standard InChI is InChI=1S/C43H51N3O18S6.5Na/c1-42(2)35-26-31(65-63-61-47)13-15-37(35)45(19-5-7-21-67(49,50)51)39(42)17-11-28-9-10-29(41(28)44-30-23-32(66-64-62-48)25-34(24-30)70(58,59)60)12-18-40-43(3,4)36-27-33(69(55,56)57)14-16-38(36)46(40)20-6-8-22-68(52,53)54;;;;;/h11-18,23-27H,5-10,19-22H2,1-4H3,(H6,47,48,49,50,51,52,53,54,55,56,57,58,59,60);;;;;/q;5*+1/p-5/b29-12?,40-18+;;;;;. The molecular weight excluding hydrogens is 1150 g/mol. The van der Waals surface area contributed by atoms with Gasteiger partial charge in [-0.1, -0.05) is 26.0 Å². The molecule has 0 amide bonds. The molecule has 0 fully saturated rings. The molecule has 3 aromatic rings. The van der Waals surface area contributed by atoms with E-state index in [-0.39, 0.29) is 184 Å². The van der Waals surface area contributed by atoms with Gasteiger partial charge in [-0.2, -0.15) is 13.2 Å². The first kappa shape index (κ1) is 74.0. The molecule has 0 atom stereocenters. The first-order valence-electron chi connectivity index (χ1n) is 21.2. The number of nitrogens with one attached hydrogen (secondary N) is 1. The van der Waals surface area contributed by atoms with E-state index >= 15 is 0 Å². The second-order valence-electron chi connectivity index (χ2n) is 17.4. The Labute approximate surface area is 556 Å². The number of nitrogens with zero attached hydrogens (tertiary/aromatic N) is 2. The molecule has 1 N–H and O–H groups in total. The van der Waals surface area contributed by atoms with Gasteiger partial charge in [0.05, 0.1) is 59.5 Å². The third kappa shape index (κ3) is 19.8. The molecule has 2 heterocycles. The summed E-state index contributed by atoms with van der Waals surface area (Å²) in [6, 6.07) is 12.8. The molecule has 0 bridgehead atoms. The van der Waals surface area contributed by atoms with Crippen LogP contribution in [0.4, 0.5) is 17.1 Å². The average molecular weight is 1200 g/mol. The van der Waals surface area contributed by atoms with Crippen molar-refractivity contribution in [2.24, 2.45) is 0 Å². The van der Waals surface area contributed by atoms with Crippen molar-refractivity contribution >= 4 is 87.3 Å². The third-order valence-electron chi connectivity index (χ3n) is 12.0. The zero-order valence-electron chi connectivity index (χ0n) is 42.8. The van der Waals surface area contributed by atoms with Crippen LogP contribution in [0.3, 0.4) is 0 Å². The molecule has 3 aliphatic rings. The molecule has 0 aromatic heterocycles. The molecule has 382 valence electrons. The van der Waals surface area contributed by atoms with Crippen LogP contribution in [0.5, 0.6) is 0 Å². The van der Waals surface area contributed by atoms with Crippen molar-refractivity contribution < 1.29 is 234 Å². The van der Waals surface area contributed by atoms with E-state index in [4.69, 9.17) is 0 Å². The number of allylic oxidation sites excluding steroid dienone is 7. The fourth-order valence-electron chi connectivity index (χ4n) is 8.76. The summed E-state index contributed by atoms with van der Waals surface area (Å²) < 4.78 is 153. The Morgan fingerprint density at radius 1 is 0.653 bits per heavy atom. The second-order valence-corrected chi connectivity index (χ2v) is 24.7. The summed E-state index contributed by atoms with van der Waals surface area (Å²) in [7, 11) is -18.9. The van der Waals surface area contributed by atoms with Crippen LogP contribution < -0.4 is 169 Å². The molecule has 1 aliphatic carbocycles. The van der Waals surface area contributed by atoms with Gasteiger partial charge in [0.1, 0.15) is 26.8 Å². The van der Waals surface area contributed by atoms with Gasteiger partial charge in [0.15, 0.2) is 5.71 Å². The van der Waals surface area contributed by atoms with Crippen LogP contribution in [0.25, 0.3) is 0 Å². The second kappa shape index (κ2) is 31.0. The number of fused-ring (bicyclic) bond motifs is 2. The number of anilines is 2. The topological polar surface area (TPSA) is 330 Å². The summed E-state index contributed by atoms with van der Waals surface area (Å²) in [5.41, 5.74) is 4.19. The van der Waals surface area contributed by atoms with E-state index in [2.05, 4.69) is 24.1 Å². The van der Waals surface area contributed by atoms with E-state index in [1.165, 1.54) is 24.3 Å². The van der Waals surface area contributed by atoms with Crippen molar-refractivity contribution in [2.75, 3.05) is 34.8 Å². The van der Waals surface area contributed by atoms with E-state index in [1.807, 2.05) is 55.4 Å². The molecule has 21 nitrogen and oxygen atoms in total. The van der Waals surface area contributed by atoms with Gasteiger partial charge < -0.3 is 38.9 Å². The fourth-order valence-corrected chi connectivity index (χ4v) is 11.8. The number of hydrogen-bond acceptors (Lipinski definition) is 22. The summed E-state index contributed by atoms with van der Waals surface area (Å²) in [5.74, 6) is -1.16. The summed E-state index contributed by atoms with van der Waals surface area (Å²) in [6.45, 7) is 8.04. The number of rotatable bonds is 23. The Bertz CT molecular complexity index is 3160. The van der Waals surface area contributed by atoms with Gasteiger partial charge in [-0.25, -0.2) is 33.7 Å². The summed E-state index contributed by atoms with van der Waals surface area (Å²) in [4.78, 5) is 1.30. The molecule has 0 unspecified atom stereocenters. The monoisotopic (exact) mass is 1200 g/mol. The van der Waals surface area contributed by atoms with Crippen molar-refractivity contribution in [3.05, 3.63) is 113 Å². The van der Waals surface area contributed by atoms with Gasteiger partial charge in [-0.05, 0) is 117 Å². The minimum Gasteiger partial charge on any atom is -0.748 e. The van der Waals surface area contributed by atoms with Crippen LogP contribution in [-0.2, 0) is 70.0 Å². The van der Waals surface area contributed by atoms with Gasteiger partial charge in [-0.3, -0.25) is 10.1 Å². The largest absolute Gasteiger partial charge is 1.00 e. The van der Waals surface area contributed by atoms with E-state index in [9.17, 15) is 62.4 Å². The zero-order valence-corrected chi connectivity index (χ0v) is 57.7. The molecular formula is C43H46N3Na5O18S6. The molecule has 32 heteroatoms. The Balaban J connectivity index is 0.00000562. The molecule has 0 radical (unpaired) electrons. The first-order valence-corrected chi connectivity index (χ1v) is 28.6. The van der Waals surface area contributed by atoms with Crippen molar-refractivity contribution in [1.29, 1.82) is 0 Å². The van der Waals surface area contributed by atoms with Crippen molar-refractivity contribution in [2.45, 2.75) is 96.6 Å². The maximum atomic E-state index is 12.3. The van der Waals surface area contributed by atoms with Gasteiger partial charge in [0.2, 0.25) is 5.69 Å². The SMILES string of the molecule is CC1(C)C(C=CC2=C(Nc3cc(SOO[O-])cc(S(=O)(=O)[O-])c3)C(=C/C=C3/N(CCCCS(=O)(=O)[O-])c4ccc(S(=O)(=O)[O-])cc4C3(C)C)CC2)=[N+](CCCCS(=O)(=O)[O-])c2ccc(SOO[O-])cc21.[Na+].[Na+].[Na+].[Na+].[Na+]. The quantitative estimate of drug-likeness (QED) is 0.0175. The normalized spacial score (nSPS) is 17.0. The van der Waals surface area contributed by atoms with Gasteiger partial charge >= 0.3 is 148 Å². The summed E-state index contributed by atoms with van der Waals surface area (Å²) in [6.07, 6.45) is 8.72. The van der Waals surface area contributed by atoms with Crippen LogP contribution in [0, 0.1) is 0 Å². The zero-order chi connectivity index (χ0) is 51.5. The third-order valence-corrected chi connectivity index (χ3v) is 16.4. The van der Waals surface area contributed by atoms with Crippen molar-refractivity contribution in [3.63, 3.8) is 0 Å². The predicted octanol–water partition coefficient (Wildman–Crippen LogP) is -10.7. The number of unbranched alkanes of at least 4 members (excludes halogenated alkanes) is 2. The average Bonchev–Trinajstić information content (AvgIpc) is 3.81. The van der Waals surface area contributed by atoms with Crippen molar-refractivity contribution in [3.8, 4) is 0 Å². The van der Waals surface area contributed by atoms with Gasteiger partial charge in [0, 0.05) is 80.2 Å². The van der Waals surface area contributed by atoms with E-state index < -0.39 is 72.6 Å². The Hall–Kier alpha value is 0.990. The molecule has 2 aliphatic heterocycles. The fraction of sp³-hybridized carbons (Fsp3) is 0.372. The number of benzene rings is 3. The van der Waals surface area contributed by atoms with Crippen LogP contribution in [-0.4, -0.2) is 86.8 Å². The summed E-state index contributed by atoms with van der Waals surface area (Å²) in [5, 5.41) is 31.6. The first-order chi connectivity index (χ1) is 32.6. The van der Waals surface area contributed by atoms with E-state index in [0.29, 0.717) is 88.6 Å². The van der Waals surface area contributed by atoms with E-state index in [0.717, 1.165) is 29.1 Å². The van der Waals surface area contributed by atoms with Crippen LogP contribution in [0.15, 0.2) is 121 Å². The molecule has 3 aromatic carbocycles. The van der Waals surface area contributed by atoms with Crippen LogP contribution >= 0.6 is 24.1 Å². The van der Waals surface area contributed by atoms with Crippen molar-refractivity contribution in [1.82, 2.24) is 0 Å². The summed E-state index contributed by atoms with van der Waals surface area (Å²) >= 11 is 1.06. The Kier molecular flexibility index (Phi) is 30.6. The van der Waals surface area contributed by atoms with Gasteiger partial charge in [-0.15, -0.1) is 0 Å². The minimum atomic E-state index is -5.06. The maximum Gasteiger partial charge on any atom is 1.00 e. The smallest absolute Gasteiger partial charge is 0.748 e. The molecule has 0 saturated heterocycles. The predicted molar refractivity (Wildman–Crippen MR) is 247 cm³/mol. The molecule has 75 heavy (non-hydrogen) atoms. The Morgan fingerprint density at radius 3 is 1.84 bits per heavy atom. The van der Waals surface area contributed by atoms with Gasteiger partial charge in [0.25, 0.3) is 0 Å². The minimum absolute atomic E-state index is 0. The van der Waals surface area contributed by atoms with Crippen LogP contribution in [0.1, 0.15) is 77.3 Å². The molecule has 6 rings (SSSR count). The molecule has 0 saturated carbocycles. The number of hydrogen-bond donors (Lipinski definition) is 1.